The van der Waals surface area contributed by atoms with Crippen LogP contribution in [0, 0.1) is 6.92 Å². The van der Waals surface area contributed by atoms with Crippen molar-refractivity contribution in [2.75, 3.05) is 26.2 Å². The first-order chi connectivity index (χ1) is 13.2. The lowest BCUT2D eigenvalue weighted by Gasteiger charge is -2.23. The highest BCUT2D eigenvalue weighted by Gasteiger charge is 2.22. The van der Waals surface area contributed by atoms with Crippen molar-refractivity contribution in [2.24, 2.45) is 4.99 Å². The largest absolute Gasteiger partial charge is 0.444 e. The number of aryl methyl sites for hydroxylation is 1. The summed E-state index contributed by atoms with van der Waals surface area (Å²) in [6.07, 6.45) is 4.23. The van der Waals surface area contributed by atoms with Gasteiger partial charge >= 0.3 is 0 Å². The van der Waals surface area contributed by atoms with Gasteiger partial charge in [0.25, 0.3) is 0 Å². The predicted molar refractivity (Wildman–Crippen MR) is 110 cm³/mol. The van der Waals surface area contributed by atoms with Crippen LogP contribution >= 0.6 is 0 Å². The number of nitrogens with zero attached hydrogens (tertiary/aromatic N) is 3. The number of hydrogen-bond donors (Lipinski definition) is 2. The fourth-order valence-corrected chi connectivity index (χ4v) is 3.47. The van der Waals surface area contributed by atoms with E-state index in [2.05, 4.69) is 58.4 Å². The summed E-state index contributed by atoms with van der Waals surface area (Å²) in [6.45, 7) is 10.9. The molecule has 3 rings (SSSR count). The van der Waals surface area contributed by atoms with Gasteiger partial charge in [-0.25, -0.2) is 9.98 Å². The number of likely N-dealkylation sites (tertiary alicyclic amines) is 1. The highest BCUT2D eigenvalue weighted by molar-refractivity contribution is 5.79. The smallest absolute Gasteiger partial charge is 0.226 e. The van der Waals surface area contributed by atoms with E-state index in [1.54, 1.807) is 6.26 Å². The van der Waals surface area contributed by atoms with Gasteiger partial charge < -0.3 is 15.1 Å². The van der Waals surface area contributed by atoms with Gasteiger partial charge in [-0.2, -0.15) is 0 Å². The summed E-state index contributed by atoms with van der Waals surface area (Å²) >= 11 is 0. The summed E-state index contributed by atoms with van der Waals surface area (Å²) in [7, 11) is 0. The number of guanidine groups is 1. The molecule has 146 valence electrons. The molecule has 1 aromatic carbocycles. The van der Waals surface area contributed by atoms with E-state index in [-0.39, 0.29) is 0 Å². The predicted octanol–water partition coefficient (Wildman–Crippen LogP) is 3.19. The number of hydrogen-bond acceptors (Lipinski definition) is 4. The zero-order chi connectivity index (χ0) is 19.1. The van der Waals surface area contributed by atoms with Crippen molar-refractivity contribution >= 4 is 5.96 Å². The Morgan fingerprint density at radius 3 is 2.81 bits per heavy atom. The minimum atomic E-state index is 0.493. The molecule has 0 aliphatic carbocycles. The Bertz CT molecular complexity index is 737. The topological polar surface area (TPSA) is 65.7 Å². The van der Waals surface area contributed by atoms with Gasteiger partial charge in [0.15, 0.2) is 5.96 Å². The molecule has 6 nitrogen and oxygen atoms in total. The number of aromatic nitrogens is 1. The first-order valence-electron chi connectivity index (χ1n) is 9.97. The minimum Gasteiger partial charge on any atom is -0.444 e. The molecule has 0 saturated carbocycles. The van der Waals surface area contributed by atoms with Crippen LogP contribution < -0.4 is 10.6 Å². The summed E-state index contributed by atoms with van der Waals surface area (Å²) < 4.78 is 5.62. The Kier molecular flexibility index (Phi) is 6.87. The van der Waals surface area contributed by atoms with Gasteiger partial charge in [0.1, 0.15) is 12.0 Å². The van der Waals surface area contributed by atoms with Crippen LogP contribution in [0.1, 0.15) is 37.9 Å². The Morgan fingerprint density at radius 1 is 1.26 bits per heavy atom. The quantitative estimate of drug-likeness (QED) is 0.580. The van der Waals surface area contributed by atoms with E-state index in [0.29, 0.717) is 18.5 Å². The van der Waals surface area contributed by atoms with Crippen molar-refractivity contribution in [1.82, 2.24) is 20.5 Å². The van der Waals surface area contributed by atoms with Gasteiger partial charge in [0.2, 0.25) is 5.89 Å². The van der Waals surface area contributed by atoms with Gasteiger partial charge in [0, 0.05) is 24.7 Å². The summed E-state index contributed by atoms with van der Waals surface area (Å²) in [5.41, 5.74) is 3.04. The molecule has 1 aliphatic heterocycles. The monoisotopic (exact) mass is 369 g/mol. The fraction of sp³-hybridized carbons (Fsp3) is 0.524. The molecule has 1 aromatic heterocycles. The molecule has 1 saturated heterocycles. The average Bonchev–Trinajstić information content (AvgIpc) is 3.33. The SMILES string of the molecule is CCNC(=NCc1coc(-c2ccc(C)cc2)n1)NCC1CCCN1CC. The number of rotatable bonds is 7. The van der Waals surface area contributed by atoms with E-state index in [1.165, 1.54) is 24.9 Å². The van der Waals surface area contributed by atoms with Crippen LogP contribution in [-0.2, 0) is 6.54 Å². The second-order valence-electron chi connectivity index (χ2n) is 7.01. The number of nitrogens with one attached hydrogen (secondary N) is 2. The summed E-state index contributed by atoms with van der Waals surface area (Å²) in [5, 5.41) is 6.80. The zero-order valence-corrected chi connectivity index (χ0v) is 16.7. The van der Waals surface area contributed by atoms with E-state index in [9.17, 15) is 0 Å². The third-order valence-corrected chi connectivity index (χ3v) is 5.00. The maximum Gasteiger partial charge on any atom is 0.226 e. The van der Waals surface area contributed by atoms with E-state index in [4.69, 9.17) is 4.42 Å². The van der Waals surface area contributed by atoms with Gasteiger partial charge in [-0.05, 0) is 51.9 Å². The van der Waals surface area contributed by atoms with Crippen LogP contribution in [-0.4, -0.2) is 48.1 Å². The molecule has 1 fully saturated rings. The van der Waals surface area contributed by atoms with Gasteiger partial charge in [-0.1, -0.05) is 24.6 Å². The molecular weight excluding hydrogens is 338 g/mol. The second kappa shape index (κ2) is 9.55. The molecule has 0 spiro atoms. The van der Waals surface area contributed by atoms with Crippen molar-refractivity contribution in [3.8, 4) is 11.5 Å². The fourth-order valence-electron chi connectivity index (χ4n) is 3.47. The Morgan fingerprint density at radius 2 is 2.07 bits per heavy atom. The van der Waals surface area contributed by atoms with Crippen molar-refractivity contribution in [2.45, 2.75) is 46.2 Å². The van der Waals surface area contributed by atoms with E-state index < -0.39 is 0 Å². The molecule has 6 heteroatoms. The highest BCUT2D eigenvalue weighted by atomic mass is 16.3. The van der Waals surface area contributed by atoms with Gasteiger partial charge in [-0.3, -0.25) is 4.90 Å². The third kappa shape index (κ3) is 5.32. The molecule has 2 aromatic rings. The molecule has 27 heavy (non-hydrogen) atoms. The van der Waals surface area contributed by atoms with Crippen molar-refractivity contribution in [3.05, 3.63) is 41.8 Å². The summed E-state index contributed by atoms with van der Waals surface area (Å²) in [5.74, 6) is 1.48. The van der Waals surface area contributed by atoms with Crippen LogP contribution in [0.15, 0.2) is 39.9 Å². The van der Waals surface area contributed by atoms with Crippen molar-refractivity contribution in [1.29, 1.82) is 0 Å². The molecule has 2 N–H and O–H groups in total. The first-order valence-corrected chi connectivity index (χ1v) is 9.97. The van der Waals surface area contributed by atoms with Gasteiger partial charge in [0.05, 0.1) is 6.54 Å². The lowest BCUT2D eigenvalue weighted by Crippen LogP contribution is -2.44. The number of aliphatic imine (C=N–C) groups is 1. The molecule has 0 amide bonds. The average molecular weight is 370 g/mol. The lowest BCUT2D eigenvalue weighted by atomic mass is 10.1. The maximum atomic E-state index is 5.62. The van der Waals surface area contributed by atoms with E-state index in [1.807, 2.05) is 12.1 Å². The molecule has 1 atom stereocenters. The Labute approximate surface area is 162 Å². The molecule has 2 heterocycles. The van der Waals surface area contributed by atoms with Crippen LogP contribution in [0.2, 0.25) is 0 Å². The van der Waals surface area contributed by atoms with Gasteiger partial charge in [-0.15, -0.1) is 0 Å². The van der Waals surface area contributed by atoms with Crippen molar-refractivity contribution in [3.63, 3.8) is 0 Å². The van der Waals surface area contributed by atoms with Crippen LogP contribution in [0.25, 0.3) is 11.5 Å². The van der Waals surface area contributed by atoms with Crippen molar-refractivity contribution < 1.29 is 4.42 Å². The first kappa shape index (κ1) is 19.4. The summed E-state index contributed by atoms with van der Waals surface area (Å²) in [4.78, 5) is 11.8. The van der Waals surface area contributed by atoms with E-state index in [0.717, 1.165) is 36.9 Å². The second-order valence-corrected chi connectivity index (χ2v) is 7.01. The maximum absolute atomic E-state index is 5.62. The Balaban J connectivity index is 1.59. The molecule has 0 radical (unpaired) electrons. The van der Waals surface area contributed by atoms with Crippen LogP contribution in [0.5, 0.6) is 0 Å². The normalized spacial score (nSPS) is 18.0. The minimum absolute atomic E-state index is 0.493. The van der Waals surface area contributed by atoms with Crippen LogP contribution in [0.3, 0.4) is 0 Å². The third-order valence-electron chi connectivity index (χ3n) is 5.00. The molecular formula is C21H31N5O. The van der Waals surface area contributed by atoms with Crippen LogP contribution in [0.4, 0.5) is 0 Å². The lowest BCUT2D eigenvalue weighted by molar-refractivity contribution is 0.267. The zero-order valence-electron chi connectivity index (χ0n) is 16.7. The molecule has 1 aliphatic rings. The number of likely N-dealkylation sites (N-methyl/N-ethyl adjacent to an activating group) is 1. The molecule has 1 unspecified atom stereocenters. The standard InChI is InChI=1S/C21H31N5O/c1-4-22-21(24-14-19-7-6-12-26(19)5-2)23-13-18-15-27-20(25-18)17-10-8-16(3)9-11-17/h8-11,15,19H,4-7,12-14H2,1-3H3,(H2,22,23,24). The summed E-state index contributed by atoms with van der Waals surface area (Å²) in [6, 6.07) is 8.78. The molecule has 0 bridgehead atoms. The Hall–Kier alpha value is -2.34. The number of benzene rings is 1. The highest BCUT2D eigenvalue weighted by Crippen LogP contribution is 2.19. The van der Waals surface area contributed by atoms with E-state index >= 15 is 0 Å². The number of oxazole rings is 1.